The van der Waals surface area contributed by atoms with Gasteiger partial charge in [0.1, 0.15) is 6.61 Å². The van der Waals surface area contributed by atoms with E-state index in [0.29, 0.717) is 0 Å². The molecule has 118 valence electrons. The van der Waals surface area contributed by atoms with Crippen LogP contribution in [0.2, 0.25) is 0 Å². The van der Waals surface area contributed by atoms with Crippen molar-refractivity contribution in [3.63, 3.8) is 0 Å². The number of ether oxygens (including phenoxy) is 1. The topological polar surface area (TPSA) is 21.6 Å². The van der Waals surface area contributed by atoms with E-state index in [9.17, 15) is 0 Å². The molecule has 0 aromatic carbocycles. The van der Waals surface area contributed by atoms with E-state index in [2.05, 4.69) is 32.7 Å². The molecular weight excluding hydrogens is 246 g/mol. The lowest BCUT2D eigenvalue weighted by Crippen LogP contribution is -2.17. The third-order valence-electron chi connectivity index (χ3n) is 3.94. The van der Waals surface area contributed by atoms with Crippen LogP contribution >= 0.6 is 0 Å². The van der Waals surface area contributed by atoms with Gasteiger partial charge in [-0.05, 0) is 26.2 Å². The minimum absolute atomic E-state index is 0.0192. The average molecular weight is 281 g/mol. The summed E-state index contributed by atoms with van der Waals surface area (Å²) in [6, 6.07) is 0. The molecule has 0 atom stereocenters. The first-order valence-corrected chi connectivity index (χ1v) is 8.71. The van der Waals surface area contributed by atoms with Gasteiger partial charge in [0.25, 0.3) is 0 Å². The van der Waals surface area contributed by atoms with E-state index in [1.807, 2.05) is 0 Å². The molecule has 0 aliphatic carbocycles. The van der Waals surface area contributed by atoms with Gasteiger partial charge in [-0.1, -0.05) is 65.2 Å². The maximum absolute atomic E-state index is 5.61. The van der Waals surface area contributed by atoms with Crippen LogP contribution in [0.1, 0.15) is 91.9 Å². The van der Waals surface area contributed by atoms with Gasteiger partial charge < -0.3 is 4.74 Å². The van der Waals surface area contributed by atoms with E-state index in [0.717, 1.165) is 24.8 Å². The third-order valence-corrected chi connectivity index (χ3v) is 3.94. The predicted octanol–water partition coefficient (Wildman–Crippen LogP) is 5.75. The minimum Gasteiger partial charge on any atom is -0.478 e. The standard InChI is InChI=1S/C18H35NO/c1-16(2)13-11-9-7-5-6-8-10-12-14-17-19-18(3,4)15-20-17/h16H,5-15H2,1-4H3. The van der Waals surface area contributed by atoms with Gasteiger partial charge in [-0.15, -0.1) is 0 Å². The summed E-state index contributed by atoms with van der Waals surface area (Å²) >= 11 is 0. The normalized spacial score (nSPS) is 17.4. The lowest BCUT2D eigenvalue weighted by molar-refractivity contribution is 0.273. The van der Waals surface area contributed by atoms with Crippen LogP contribution in [0, 0.1) is 5.92 Å². The van der Waals surface area contributed by atoms with Gasteiger partial charge in [0.05, 0.1) is 5.54 Å². The molecule has 2 heteroatoms. The third kappa shape index (κ3) is 8.60. The summed E-state index contributed by atoms with van der Waals surface area (Å²) in [6.45, 7) is 9.68. The molecule has 2 nitrogen and oxygen atoms in total. The summed E-state index contributed by atoms with van der Waals surface area (Å²) in [4.78, 5) is 4.60. The van der Waals surface area contributed by atoms with Crippen molar-refractivity contribution in [1.29, 1.82) is 0 Å². The predicted molar refractivity (Wildman–Crippen MR) is 88.5 cm³/mol. The summed E-state index contributed by atoms with van der Waals surface area (Å²) in [5.74, 6) is 1.87. The number of hydrogen-bond acceptors (Lipinski definition) is 2. The van der Waals surface area contributed by atoms with Gasteiger partial charge in [-0.25, -0.2) is 4.99 Å². The SMILES string of the molecule is CC(C)CCCCCCCCCCC1=NC(C)(C)CO1. The van der Waals surface area contributed by atoms with Crippen LogP contribution in [0.15, 0.2) is 4.99 Å². The fourth-order valence-electron chi connectivity index (χ4n) is 2.68. The van der Waals surface area contributed by atoms with Crippen molar-refractivity contribution in [3.8, 4) is 0 Å². The summed E-state index contributed by atoms with van der Waals surface area (Å²) in [5, 5.41) is 0. The highest BCUT2D eigenvalue weighted by atomic mass is 16.5. The Bertz CT molecular complexity index is 281. The van der Waals surface area contributed by atoms with E-state index >= 15 is 0 Å². The molecule has 1 rings (SSSR count). The highest BCUT2D eigenvalue weighted by molar-refractivity contribution is 5.78. The van der Waals surface area contributed by atoms with Crippen molar-refractivity contribution in [2.45, 2.75) is 97.4 Å². The zero-order valence-electron chi connectivity index (χ0n) is 14.2. The summed E-state index contributed by atoms with van der Waals surface area (Å²) in [5.41, 5.74) is 0.0192. The summed E-state index contributed by atoms with van der Waals surface area (Å²) < 4.78 is 5.61. The van der Waals surface area contributed by atoms with Crippen LogP contribution in [0.5, 0.6) is 0 Å². The second-order valence-corrected chi connectivity index (χ2v) is 7.37. The second-order valence-electron chi connectivity index (χ2n) is 7.37. The van der Waals surface area contributed by atoms with E-state index in [1.165, 1.54) is 57.8 Å². The monoisotopic (exact) mass is 281 g/mol. The molecule has 0 bridgehead atoms. The Balaban J connectivity index is 1.84. The Hall–Kier alpha value is -0.530. The van der Waals surface area contributed by atoms with Gasteiger partial charge in [0.15, 0.2) is 5.90 Å². The van der Waals surface area contributed by atoms with Crippen LogP contribution in [-0.2, 0) is 4.74 Å². The smallest absolute Gasteiger partial charge is 0.183 e. The average Bonchev–Trinajstić information content (AvgIpc) is 2.71. The van der Waals surface area contributed by atoms with Crippen molar-refractivity contribution in [3.05, 3.63) is 0 Å². The second kappa shape index (κ2) is 9.41. The Morgan fingerprint density at radius 1 is 0.950 bits per heavy atom. The summed E-state index contributed by atoms with van der Waals surface area (Å²) in [6.07, 6.45) is 13.5. The van der Waals surface area contributed by atoms with Crippen LogP contribution in [0.4, 0.5) is 0 Å². The Morgan fingerprint density at radius 2 is 1.50 bits per heavy atom. The van der Waals surface area contributed by atoms with Gasteiger partial charge in [-0.3, -0.25) is 0 Å². The molecule has 0 amide bonds. The van der Waals surface area contributed by atoms with Crippen molar-refractivity contribution >= 4 is 5.90 Å². The Labute approximate surface area is 126 Å². The molecule has 0 aromatic rings. The molecule has 0 N–H and O–H groups in total. The number of nitrogens with zero attached hydrogens (tertiary/aromatic N) is 1. The van der Waals surface area contributed by atoms with Gasteiger partial charge in [0.2, 0.25) is 0 Å². The molecule has 0 radical (unpaired) electrons. The number of aliphatic imine (C=N–C) groups is 1. The van der Waals surface area contributed by atoms with Gasteiger partial charge >= 0.3 is 0 Å². The van der Waals surface area contributed by atoms with Crippen molar-refractivity contribution in [2.24, 2.45) is 10.9 Å². The van der Waals surface area contributed by atoms with E-state index in [1.54, 1.807) is 0 Å². The zero-order chi connectivity index (χ0) is 14.8. The first-order chi connectivity index (χ1) is 9.49. The number of unbranched alkanes of at least 4 members (excludes halogenated alkanes) is 7. The highest BCUT2D eigenvalue weighted by Crippen LogP contribution is 2.20. The molecule has 1 aliphatic heterocycles. The van der Waals surface area contributed by atoms with Gasteiger partial charge in [0, 0.05) is 6.42 Å². The molecule has 0 saturated carbocycles. The van der Waals surface area contributed by atoms with Crippen LogP contribution < -0.4 is 0 Å². The number of hydrogen-bond donors (Lipinski definition) is 0. The van der Waals surface area contributed by atoms with E-state index in [4.69, 9.17) is 4.74 Å². The molecule has 0 fully saturated rings. The fraction of sp³-hybridized carbons (Fsp3) is 0.944. The molecule has 0 aromatic heterocycles. The Morgan fingerprint density at radius 3 is 2.00 bits per heavy atom. The maximum Gasteiger partial charge on any atom is 0.183 e. The lowest BCUT2D eigenvalue weighted by Gasteiger charge is -2.07. The van der Waals surface area contributed by atoms with Crippen molar-refractivity contribution < 1.29 is 4.74 Å². The van der Waals surface area contributed by atoms with Crippen LogP contribution in [0.3, 0.4) is 0 Å². The quantitative estimate of drug-likeness (QED) is 0.442. The zero-order valence-corrected chi connectivity index (χ0v) is 14.2. The van der Waals surface area contributed by atoms with Crippen molar-refractivity contribution in [1.82, 2.24) is 0 Å². The lowest BCUT2D eigenvalue weighted by atomic mass is 10.0. The molecular formula is C18H35NO. The first-order valence-electron chi connectivity index (χ1n) is 8.71. The molecule has 20 heavy (non-hydrogen) atoms. The largest absolute Gasteiger partial charge is 0.478 e. The molecule has 0 saturated heterocycles. The van der Waals surface area contributed by atoms with Gasteiger partial charge in [-0.2, -0.15) is 0 Å². The van der Waals surface area contributed by atoms with E-state index in [-0.39, 0.29) is 5.54 Å². The first kappa shape index (κ1) is 17.5. The van der Waals surface area contributed by atoms with E-state index < -0.39 is 0 Å². The summed E-state index contributed by atoms with van der Waals surface area (Å²) in [7, 11) is 0. The van der Waals surface area contributed by atoms with Crippen LogP contribution in [-0.4, -0.2) is 18.0 Å². The number of rotatable bonds is 11. The Kier molecular flexibility index (Phi) is 8.25. The minimum atomic E-state index is 0.0192. The molecule has 1 aliphatic rings. The molecule has 0 spiro atoms. The van der Waals surface area contributed by atoms with Crippen molar-refractivity contribution in [2.75, 3.05) is 6.61 Å². The highest BCUT2D eigenvalue weighted by Gasteiger charge is 2.25. The molecule has 0 unspecified atom stereocenters. The fourth-order valence-corrected chi connectivity index (χ4v) is 2.68. The van der Waals surface area contributed by atoms with Crippen LogP contribution in [0.25, 0.3) is 0 Å². The maximum atomic E-state index is 5.61. The molecule has 1 heterocycles.